The molecule has 3 N–H and O–H groups in total. The van der Waals surface area contributed by atoms with Crippen molar-refractivity contribution in [2.75, 3.05) is 19.7 Å². The second-order valence-corrected chi connectivity index (χ2v) is 11.3. The summed E-state index contributed by atoms with van der Waals surface area (Å²) >= 11 is 0. The first-order valence-corrected chi connectivity index (χ1v) is 14.9. The van der Waals surface area contributed by atoms with Crippen molar-refractivity contribution in [1.29, 1.82) is 5.41 Å². The van der Waals surface area contributed by atoms with E-state index in [1.807, 2.05) is 18.7 Å². The number of rotatable bonds is 13. The van der Waals surface area contributed by atoms with E-state index in [-0.39, 0.29) is 29.5 Å². The zero-order valence-electron chi connectivity index (χ0n) is 26.1. The molecule has 2 unspecified atom stereocenters. The molecule has 0 aliphatic carbocycles. The fourth-order valence-electron chi connectivity index (χ4n) is 5.02. The molecule has 0 radical (unpaired) electrons. The minimum atomic E-state index is -1.11. The van der Waals surface area contributed by atoms with Gasteiger partial charge in [0.2, 0.25) is 12.2 Å². The van der Waals surface area contributed by atoms with E-state index in [0.717, 1.165) is 25.7 Å². The number of alkyl carbamates (subject to hydrolysis) is 1. The van der Waals surface area contributed by atoms with Crippen molar-refractivity contribution in [2.24, 2.45) is 11.3 Å². The lowest BCUT2D eigenvalue weighted by molar-refractivity contribution is -0.161. The van der Waals surface area contributed by atoms with E-state index in [9.17, 15) is 24.0 Å². The molecule has 3 amide bonds. The molecule has 2 rings (SSSR count). The first kappa shape index (κ1) is 35.2. The van der Waals surface area contributed by atoms with E-state index >= 15 is 0 Å². The molecule has 0 spiro atoms. The van der Waals surface area contributed by atoms with Gasteiger partial charge in [-0.15, -0.1) is 0 Å². The van der Waals surface area contributed by atoms with E-state index in [0.29, 0.717) is 43.7 Å². The summed E-state index contributed by atoms with van der Waals surface area (Å²) in [5.74, 6) is -1.27. The maximum Gasteiger partial charge on any atom is 0.415 e. The highest BCUT2D eigenvalue weighted by atomic mass is 16.7. The number of nitrogens with one attached hydrogen (secondary N) is 3. The maximum atomic E-state index is 13.7. The number of carbonyl (C=O) groups excluding carboxylic acids is 5. The molecule has 1 aliphatic rings. The van der Waals surface area contributed by atoms with Gasteiger partial charge in [0.1, 0.15) is 5.84 Å². The summed E-state index contributed by atoms with van der Waals surface area (Å²) in [4.78, 5) is 63.6. The lowest BCUT2D eigenvalue weighted by Gasteiger charge is -2.40. The second-order valence-electron chi connectivity index (χ2n) is 11.3. The Morgan fingerprint density at radius 1 is 1.02 bits per heavy atom. The number of amides is 3. The quantitative estimate of drug-likeness (QED) is 0.131. The van der Waals surface area contributed by atoms with E-state index in [1.165, 1.54) is 38.1 Å². The van der Waals surface area contributed by atoms with Crippen LogP contribution in [-0.4, -0.2) is 72.6 Å². The predicted molar refractivity (Wildman–Crippen MR) is 159 cm³/mol. The van der Waals surface area contributed by atoms with Gasteiger partial charge in [-0.2, -0.15) is 0 Å². The Morgan fingerprint density at radius 2 is 1.63 bits per heavy atom. The van der Waals surface area contributed by atoms with Crippen LogP contribution in [0.15, 0.2) is 24.3 Å². The van der Waals surface area contributed by atoms with Gasteiger partial charge in [0.25, 0.3) is 5.91 Å². The molecule has 1 aromatic carbocycles. The molecule has 12 heteroatoms. The number of hydrogen-bond donors (Lipinski definition) is 3. The van der Waals surface area contributed by atoms with Gasteiger partial charge in [-0.25, -0.2) is 4.79 Å². The van der Waals surface area contributed by atoms with Crippen LogP contribution >= 0.6 is 0 Å². The third-order valence-electron chi connectivity index (χ3n) is 7.50. The minimum absolute atomic E-state index is 0.0340. The van der Waals surface area contributed by atoms with Crippen LogP contribution in [0.25, 0.3) is 0 Å². The van der Waals surface area contributed by atoms with Crippen LogP contribution in [0.5, 0.6) is 0 Å². The van der Waals surface area contributed by atoms with Gasteiger partial charge in [-0.3, -0.25) is 29.9 Å². The number of nitrogens with zero attached hydrogens (tertiary/aromatic N) is 1. The Labute approximate surface area is 253 Å². The third-order valence-corrected chi connectivity index (χ3v) is 7.50. The molecule has 238 valence electrons. The molecular formula is C31H46N4O8. The first-order chi connectivity index (χ1) is 20.3. The van der Waals surface area contributed by atoms with E-state index in [1.54, 1.807) is 6.92 Å². The van der Waals surface area contributed by atoms with Gasteiger partial charge in [0.05, 0.1) is 12.0 Å². The topological polar surface area (TPSA) is 164 Å². The number of hydrogen-bond acceptors (Lipinski definition) is 9. The summed E-state index contributed by atoms with van der Waals surface area (Å²) in [6.07, 6.45) is 2.10. The lowest BCUT2D eigenvalue weighted by atomic mass is 9.79. The number of likely N-dealkylation sites (tertiary alicyclic amines) is 1. The molecule has 0 aromatic heterocycles. The third kappa shape index (κ3) is 11.0. The van der Waals surface area contributed by atoms with Crippen molar-refractivity contribution in [2.45, 2.75) is 92.4 Å². The predicted octanol–water partition coefficient (Wildman–Crippen LogP) is 4.15. The molecule has 43 heavy (non-hydrogen) atoms. The SMILES string of the molecule is CCCCC(NC(=O)c1ccc(C(=N)NC(=O)OC(C)OC(C)=O)cc1)C(C)(C)C(=O)N1CCC(CC(=O)OCC)CC1. The Kier molecular flexibility index (Phi) is 13.6. The number of amidine groups is 1. The van der Waals surface area contributed by atoms with Crippen LogP contribution in [-0.2, 0) is 28.6 Å². The Bertz CT molecular complexity index is 1140. The average Bonchev–Trinajstić information content (AvgIpc) is 2.94. The van der Waals surface area contributed by atoms with Gasteiger partial charge >= 0.3 is 18.0 Å². The Hall–Kier alpha value is -3.96. The van der Waals surface area contributed by atoms with Crippen LogP contribution in [0, 0.1) is 16.7 Å². The number of unbranched alkanes of at least 4 members (excludes halogenated alkanes) is 1. The van der Waals surface area contributed by atoms with E-state index in [2.05, 4.69) is 17.6 Å². The smallest absolute Gasteiger partial charge is 0.415 e. The van der Waals surface area contributed by atoms with E-state index in [4.69, 9.17) is 19.6 Å². The molecule has 1 aromatic rings. The first-order valence-electron chi connectivity index (χ1n) is 14.9. The zero-order chi connectivity index (χ0) is 32.2. The van der Waals surface area contributed by atoms with Gasteiger partial charge in [0.15, 0.2) is 0 Å². The highest BCUT2D eigenvalue weighted by molar-refractivity contribution is 6.05. The largest absolute Gasteiger partial charge is 0.466 e. The molecule has 0 bridgehead atoms. The monoisotopic (exact) mass is 602 g/mol. The normalized spacial score (nSPS) is 15.1. The number of benzene rings is 1. The number of piperidine rings is 1. The van der Waals surface area contributed by atoms with Crippen LogP contribution in [0.3, 0.4) is 0 Å². The van der Waals surface area contributed by atoms with Crippen molar-refractivity contribution in [3.8, 4) is 0 Å². The van der Waals surface area contributed by atoms with Crippen LogP contribution < -0.4 is 10.6 Å². The summed E-state index contributed by atoms with van der Waals surface area (Å²) in [7, 11) is 0. The van der Waals surface area contributed by atoms with Gasteiger partial charge in [0, 0.05) is 50.5 Å². The second kappa shape index (κ2) is 16.6. The summed E-state index contributed by atoms with van der Waals surface area (Å²) in [5.41, 5.74) is -0.195. The van der Waals surface area contributed by atoms with Crippen molar-refractivity contribution >= 4 is 35.7 Å². The lowest BCUT2D eigenvalue weighted by Crippen LogP contribution is -2.55. The Balaban J connectivity index is 2.02. The maximum absolute atomic E-state index is 13.7. The van der Waals surface area contributed by atoms with Gasteiger partial charge in [-0.1, -0.05) is 31.9 Å². The average molecular weight is 603 g/mol. The van der Waals surface area contributed by atoms with Crippen molar-refractivity contribution in [3.05, 3.63) is 35.4 Å². The Morgan fingerprint density at radius 3 is 2.19 bits per heavy atom. The van der Waals surface area contributed by atoms with Crippen molar-refractivity contribution in [3.63, 3.8) is 0 Å². The molecule has 12 nitrogen and oxygen atoms in total. The minimum Gasteiger partial charge on any atom is -0.466 e. The van der Waals surface area contributed by atoms with Crippen LogP contribution in [0.4, 0.5) is 4.79 Å². The highest BCUT2D eigenvalue weighted by Crippen LogP contribution is 2.31. The molecule has 1 aliphatic heterocycles. The molecule has 2 atom stereocenters. The number of carbonyl (C=O) groups is 5. The molecule has 0 saturated carbocycles. The highest BCUT2D eigenvalue weighted by Gasteiger charge is 2.41. The summed E-state index contributed by atoms with van der Waals surface area (Å²) in [6.45, 7) is 11.6. The van der Waals surface area contributed by atoms with E-state index < -0.39 is 29.8 Å². The summed E-state index contributed by atoms with van der Waals surface area (Å²) in [5, 5.41) is 13.4. The standard InChI is InChI=1S/C31H46N4O8/c1-7-9-10-25(31(5,6)29(39)35-17-15-22(16-18-35)19-26(37)41-8-2)33-28(38)24-13-11-23(12-14-24)27(32)34-30(40)43-21(4)42-20(3)36/h11-14,21-22,25H,7-10,15-19H2,1-6H3,(H,33,38)(H2,32,34,40). The molecule has 1 saturated heterocycles. The number of esters is 2. The van der Waals surface area contributed by atoms with Gasteiger partial charge < -0.3 is 24.4 Å². The van der Waals surface area contributed by atoms with Crippen molar-refractivity contribution in [1.82, 2.24) is 15.5 Å². The fraction of sp³-hybridized carbons (Fsp3) is 0.613. The summed E-state index contributed by atoms with van der Waals surface area (Å²) in [6, 6.07) is 5.69. The summed E-state index contributed by atoms with van der Waals surface area (Å²) < 4.78 is 14.7. The molecular weight excluding hydrogens is 556 g/mol. The van der Waals surface area contributed by atoms with Crippen molar-refractivity contribution < 1.29 is 38.2 Å². The zero-order valence-corrected chi connectivity index (χ0v) is 26.1. The van der Waals surface area contributed by atoms with Gasteiger partial charge in [-0.05, 0) is 58.1 Å². The fourth-order valence-corrected chi connectivity index (χ4v) is 5.02. The molecule has 1 heterocycles. The van der Waals surface area contributed by atoms with Crippen LogP contribution in [0.1, 0.15) is 96.0 Å². The molecule has 1 fully saturated rings. The van der Waals surface area contributed by atoms with Crippen LogP contribution in [0.2, 0.25) is 0 Å². The number of ether oxygens (including phenoxy) is 3.